The molecule has 1 aromatic carbocycles. The predicted molar refractivity (Wildman–Crippen MR) is 134 cm³/mol. The number of hydrogen-bond acceptors (Lipinski definition) is 7. The smallest absolute Gasteiger partial charge is 0.246 e. The Hall–Kier alpha value is -3.11. The lowest BCUT2D eigenvalue weighted by molar-refractivity contribution is -0.140. The Labute approximate surface area is 209 Å². The van der Waals surface area contributed by atoms with Crippen LogP contribution in [0.5, 0.6) is 0 Å². The molecule has 35 heavy (non-hydrogen) atoms. The van der Waals surface area contributed by atoms with E-state index in [0.717, 1.165) is 24.8 Å². The van der Waals surface area contributed by atoms with E-state index in [4.69, 9.17) is 5.73 Å². The maximum atomic E-state index is 13.5. The summed E-state index contributed by atoms with van der Waals surface area (Å²) in [5.74, 6) is -1.27. The van der Waals surface area contributed by atoms with Crippen LogP contribution in [0.1, 0.15) is 55.1 Å². The predicted octanol–water partition coefficient (Wildman–Crippen LogP) is 1.68. The third-order valence-electron chi connectivity index (χ3n) is 5.83. The number of nitrogens with two attached hydrogens (primary N) is 1. The number of rotatable bonds is 14. The van der Waals surface area contributed by atoms with Crippen LogP contribution in [0.15, 0.2) is 41.2 Å². The van der Waals surface area contributed by atoms with Crippen LogP contribution in [0.25, 0.3) is 0 Å². The second-order valence-corrected chi connectivity index (χ2v) is 9.50. The zero-order valence-electron chi connectivity index (χ0n) is 19.9. The van der Waals surface area contributed by atoms with Gasteiger partial charge in [-0.05, 0) is 44.2 Å². The molecule has 0 saturated heterocycles. The van der Waals surface area contributed by atoms with Crippen LogP contribution in [0.4, 0.5) is 0 Å². The van der Waals surface area contributed by atoms with Crippen LogP contribution in [0.3, 0.4) is 0 Å². The van der Waals surface area contributed by atoms with Gasteiger partial charge in [-0.25, -0.2) is 4.98 Å². The molecule has 1 aliphatic rings. The molecule has 1 aliphatic carbocycles. The van der Waals surface area contributed by atoms with Gasteiger partial charge in [-0.3, -0.25) is 19.2 Å². The molecule has 0 radical (unpaired) electrons. The minimum atomic E-state index is -0.778. The van der Waals surface area contributed by atoms with Crippen molar-refractivity contribution in [3.8, 4) is 0 Å². The summed E-state index contributed by atoms with van der Waals surface area (Å²) in [6.07, 6.45) is 3.79. The van der Waals surface area contributed by atoms with Crippen molar-refractivity contribution < 1.29 is 19.2 Å². The normalized spacial score (nSPS) is 14.6. The van der Waals surface area contributed by atoms with Gasteiger partial charge in [0.1, 0.15) is 11.7 Å². The van der Waals surface area contributed by atoms with E-state index in [0.29, 0.717) is 31.5 Å². The van der Waals surface area contributed by atoms with Crippen molar-refractivity contribution in [2.75, 3.05) is 13.1 Å². The first-order valence-corrected chi connectivity index (χ1v) is 12.9. The quantitative estimate of drug-likeness (QED) is 0.267. The maximum absolute atomic E-state index is 13.5. The minimum absolute atomic E-state index is 0.0507. The second kappa shape index (κ2) is 13.1. The average Bonchev–Trinajstić information content (AvgIpc) is 3.53. The summed E-state index contributed by atoms with van der Waals surface area (Å²) in [7, 11) is 0. The topological polar surface area (TPSA) is 134 Å². The number of amides is 3. The summed E-state index contributed by atoms with van der Waals surface area (Å²) < 4.78 is 0. The number of nitrogens with one attached hydrogen (secondary N) is 2. The van der Waals surface area contributed by atoms with Crippen molar-refractivity contribution >= 4 is 34.8 Å². The SMILES string of the molecule is CC(=O)N[C@H](Cc1ccccc1)C(=O)N(CC(=O)N[C@@H](CCCCN)C(=O)c1cscn1)C1CC1. The number of carbonyl (C=O) groups is 4. The van der Waals surface area contributed by atoms with Gasteiger partial charge in [0.25, 0.3) is 0 Å². The Balaban J connectivity index is 1.69. The molecule has 2 atom stereocenters. The monoisotopic (exact) mass is 499 g/mol. The van der Waals surface area contributed by atoms with Gasteiger partial charge in [-0.2, -0.15) is 0 Å². The fourth-order valence-corrected chi connectivity index (χ4v) is 4.48. The maximum Gasteiger partial charge on any atom is 0.246 e. The summed E-state index contributed by atoms with van der Waals surface area (Å²) >= 11 is 1.32. The molecule has 9 nitrogen and oxygen atoms in total. The van der Waals surface area contributed by atoms with Crippen LogP contribution in [0, 0.1) is 0 Å². The summed E-state index contributed by atoms with van der Waals surface area (Å²) in [4.78, 5) is 56.8. The molecule has 1 saturated carbocycles. The Morgan fingerprint density at radius 1 is 1.11 bits per heavy atom. The van der Waals surface area contributed by atoms with Crippen molar-refractivity contribution in [3.05, 3.63) is 52.5 Å². The van der Waals surface area contributed by atoms with E-state index in [1.54, 1.807) is 10.9 Å². The zero-order valence-corrected chi connectivity index (χ0v) is 20.8. The highest BCUT2D eigenvalue weighted by Crippen LogP contribution is 2.27. The van der Waals surface area contributed by atoms with Gasteiger partial charge >= 0.3 is 0 Å². The van der Waals surface area contributed by atoms with E-state index in [-0.39, 0.29) is 30.2 Å². The Morgan fingerprint density at radius 3 is 2.46 bits per heavy atom. The number of Topliss-reactive ketones (excluding diaryl/α,β-unsaturated/α-hetero) is 1. The van der Waals surface area contributed by atoms with Crippen LogP contribution in [-0.2, 0) is 20.8 Å². The fraction of sp³-hybridized carbons (Fsp3) is 0.480. The highest BCUT2D eigenvalue weighted by atomic mass is 32.1. The average molecular weight is 500 g/mol. The number of hydrogen-bond donors (Lipinski definition) is 3. The van der Waals surface area contributed by atoms with E-state index in [9.17, 15) is 19.2 Å². The van der Waals surface area contributed by atoms with Crippen molar-refractivity contribution in [1.82, 2.24) is 20.5 Å². The number of unbranched alkanes of at least 4 members (excludes halogenated alkanes) is 1. The van der Waals surface area contributed by atoms with Crippen LogP contribution in [0.2, 0.25) is 0 Å². The molecule has 1 heterocycles. The van der Waals surface area contributed by atoms with E-state index >= 15 is 0 Å². The van der Waals surface area contributed by atoms with Crippen LogP contribution < -0.4 is 16.4 Å². The Kier molecular flexibility index (Phi) is 9.92. The van der Waals surface area contributed by atoms with Gasteiger partial charge in [0.2, 0.25) is 23.5 Å². The standard InChI is InChI=1S/C25H33N5O4S/c1-17(31)28-21(13-18-7-3-2-4-8-18)25(34)30(19-10-11-19)14-23(32)29-20(9-5-6-12-26)24(33)22-15-35-16-27-22/h2-4,7-8,15-16,19-21H,5-6,9-14,26H2,1H3,(H,28,31)(H,29,32)/t20-,21+/m0/s1. The molecule has 0 aliphatic heterocycles. The fourth-order valence-electron chi connectivity index (χ4n) is 3.94. The van der Waals surface area contributed by atoms with Crippen LogP contribution in [-0.4, -0.2) is 64.6 Å². The number of aromatic nitrogens is 1. The first kappa shape index (κ1) is 26.5. The molecule has 10 heteroatoms. The van der Waals surface area contributed by atoms with Gasteiger partial charge in [0, 0.05) is 24.8 Å². The summed E-state index contributed by atoms with van der Waals surface area (Å²) in [5.41, 5.74) is 8.39. The molecule has 1 fully saturated rings. The van der Waals surface area contributed by atoms with Crippen molar-refractivity contribution in [2.45, 2.75) is 63.6 Å². The summed E-state index contributed by atoms with van der Waals surface area (Å²) in [6.45, 7) is 1.70. The Bertz CT molecular complexity index is 995. The van der Waals surface area contributed by atoms with E-state index in [1.165, 1.54) is 23.2 Å². The molecular formula is C25H33N5O4S. The molecule has 3 amide bonds. The number of benzene rings is 1. The van der Waals surface area contributed by atoms with Crippen molar-refractivity contribution in [2.24, 2.45) is 5.73 Å². The third-order valence-corrected chi connectivity index (χ3v) is 6.41. The lowest BCUT2D eigenvalue weighted by atomic mass is 10.0. The zero-order chi connectivity index (χ0) is 25.2. The van der Waals surface area contributed by atoms with Gasteiger partial charge in [0.15, 0.2) is 0 Å². The van der Waals surface area contributed by atoms with Crippen LogP contribution >= 0.6 is 11.3 Å². The molecule has 0 bridgehead atoms. The largest absolute Gasteiger partial charge is 0.344 e. The molecule has 2 aromatic rings. The van der Waals surface area contributed by atoms with E-state index in [2.05, 4.69) is 15.6 Å². The number of ketones is 1. The molecule has 0 spiro atoms. The Morgan fingerprint density at radius 2 is 1.86 bits per heavy atom. The second-order valence-electron chi connectivity index (χ2n) is 8.78. The lowest BCUT2D eigenvalue weighted by Gasteiger charge is -2.28. The van der Waals surface area contributed by atoms with Gasteiger partial charge in [0.05, 0.1) is 18.1 Å². The van der Waals surface area contributed by atoms with E-state index < -0.39 is 18.0 Å². The lowest BCUT2D eigenvalue weighted by Crippen LogP contribution is -2.53. The molecule has 4 N–H and O–H groups in total. The highest BCUT2D eigenvalue weighted by molar-refractivity contribution is 7.07. The van der Waals surface area contributed by atoms with E-state index in [1.807, 2.05) is 30.3 Å². The van der Waals surface area contributed by atoms with Gasteiger partial charge < -0.3 is 21.3 Å². The highest BCUT2D eigenvalue weighted by Gasteiger charge is 2.38. The first-order chi connectivity index (χ1) is 16.9. The molecular weight excluding hydrogens is 466 g/mol. The number of nitrogens with zero attached hydrogens (tertiary/aromatic N) is 2. The molecule has 188 valence electrons. The third kappa shape index (κ3) is 8.25. The molecule has 3 rings (SSSR count). The van der Waals surface area contributed by atoms with Crippen molar-refractivity contribution in [3.63, 3.8) is 0 Å². The summed E-state index contributed by atoms with van der Waals surface area (Å²) in [6, 6.07) is 7.87. The minimum Gasteiger partial charge on any atom is -0.344 e. The summed E-state index contributed by atoms with van der Waals surface area (Å²) in [5, 5.41) is 7.22. The van der Waals surface area contributed by atoms with Gasteiger partial charge in [-0.15, -0.1) is 11.3 Å². The van der Waals surface area contributed by atoms with Gasteiger partial charge in [-0.1, -0.05) is 30.3 Å². The van der Waals surface area contributed by atoms with Crippen molar-refractivity contribution in [1.29, 1.82) is 0 Å². The molecule has 1 aromatic heterocycles. The molecule has 0 unspecified atom stereocenters. The number of thiazole rings is 1. The first-order valence-electron chi connectivity index (χ1n) is 11.9. The number of carbonyl (C=O) groups excluding carboxylic acids is 4.